The van der Waals surface area contributed by atoms with Gasteiger partial charge in [-0.3, -0.25) is 4.57 Å². The Hall–Kier alpha value is -1.22. The van der Waals surface area contributed by atoms with E-state index in [1.165, 1.54) is 12.1 Å². The first-order valence-corrected chi connectivity index (χ1v) is 7.73. The van der Waals surface area contributed by atoms with Gasteiger partial charge in [0.15, 0.2) is 0 Å². The molecule has 0 bridgehead atoms. The fraction of sp³-hybridized carbons (Fsp3) is 0.286. The average Bonchev–Trinajstić information content (AvgIpc) is 2.40. The molecule has 0 aromatic heterocycles. The number of halogens is 1. The van der Waals surface area contributed by atoms with Gasteiger partial charge in [-0.25, -0.2) is 4.39 Å². The third-order valence-corrected chi connectivity index (χ3v) is 4.92. The van der Waals surface area contributed by atoms with Crippen LogP contribution < -0.4 is 5.30 Å². The van der Waals surface area contributed by atoms with Gasteiger partial charge in [0.2, 0.25) is 0 Å². The van der Waals surface area contributed by atoms with Crippen molar-refractivity contribution in [3.63, 3.8) is 0 Å². The normalized spacial score (nSPS) is 11.9. The molecule has 0 spiro atoms. The third kappa shape index (κ3) is 2.71. The second kappa shape index (κ2) is 5.83. The molecule has 0 N–H and O–H groups in total. The van der Waals surface area contributed by atoms with Crippen LogP contribution in [0.5, 0.6) is 0 Å². The van der Waals surface area contributed by atoms with Gasteiger partial charge in [-0.1, -0.05) is 24.3 Å². The largest absolute Gasteiger partial charge is 0.361 e. The van der Waals surface area contributed by atoms with E-state index in [0.29, 0.717) is 16.1 Å². The summed E-state index contributed by atoms with van der Waals surface area (Å²) in [6.07, 6.45) is 0. The Kier molecular flexibility index (Phi) is 4.35. The highest BCUT2D eigenvalue weighted by atomic mass is 31.2. The molecule has 0 aliphatic carbocycles. The molecular weight excluding hydrogens is 266 g/mol. The Bertz CT molecular complexity index is 617. The molecule has 102 valence electrons. The molecule has 0 heterocycles. The first kappa shape index (κ1) is 14.2. The molecule has 2 rings (SSSR count). The number of rotatable bonds is 5. The van der Waals surface area contributed by atoms with Crippen LogP contribution in [-0.2, 0) is 13.6 Å². The predicted octanol–water partition coefficient (Wildman–Crippen LogP) is 3.87. The zero-order valence-corrected chi connectivity index (χ0v) is 11.8. The van der Waals surface area contributed by atoms with E-state index in [4.69, 9.17) is 9.05 Å². The zero-order chi connectivity index (χ0) is 13.9. The van der Waals surface area contributed by atoms with Gasteiger partial charge in [-0.05, 0) is 31.4 Å². The molecule has 0 aliphatic heterocycles. The van der Waals surface area contributed by atoms with Crippen LogP contribution in [0.25, 0.3) is 10.8 Å². The number of hydrogen-bond acceptors (Lipinski definition) is 3. The minimum atomic E-state index is -3.40. The fourth-order valence-electron chi connectivity index (χ4n) is 2.00. The summed E-state index contributed by atoms with van der Waals surface area (Å²) in [5.41, 5.74) is 0. The van der Waals surface area contributed by atoms with Gasteiger partial charge >= 0.3 is 7.60 Å². The Morgan fingerprint density at radius 1 is 1.00 bits per heavy atom. The van der Waals surface area contributed by atoms with Gasteiger partial charge in [-0.2, -0.15) is 0 Å². The molecule has 0 aliphatic rings. The highest BCUT2D eigenvalue weighted by Crippen LogP contribution is 2.48. The molecule has 3 nitrogen and oxygen atoms in total. The van der Waals surface area contributed by atoms with E-state index in [-0.39, 0.29) is 19.0 Å². The Balaban J connectivity index is 2.67. The molecule has 19 heavy (non-hydrogen) atoms. The lowest BCUT2D eigenvalue weighted by atomic mass is 10.1. The van der Waals surface area contributed by atoms with Crippen molar-refractivity contribution in [1.82, 2.24) is 0 Å². The maximum absolute atomic E-state index is 13.8. The molecule has 0 saturated heterocycles. The van der Waals surface area contributed by atoms with E-state index >= 15 is 0 Å². The standard InChI is InChI=1S/C14H16FO3P/c1-3-17-19(16,18-4-2)14-10-9-13(15)11-7-5-6-8-12(11)14/h5-10H,3-4H2,1-2H3. The van der Waals surface area contributed by atoms with Crippen LogP contribution in [0.3, 0.4) is 0 Å². The number of fused-ring (bicyclic) bond motifs is 1. The van der Waals surface area contributed by atoms with Gasteiger partial charge in [-0.15, -0.1) is 0 Å². The first-order chi connectivity index (χ1) is 9.12. The topological polar surface area (TPSA) is 35.5 Å². The molecule has 2 aromatic carbocycles. The van der Waals surface area contributed by atoms with Crippen molar-refractivity contribution in [2.75, 3.05) is 13.2 Å². The summed E-state index contributed by atoms with van der Waals surface area (Å²) in [6.45, 7) is 4.03. The van der Waals surface area contributed by atoms with Gasteiger partial charge in [0, 0.05) is 5.39 Å². The smallest absolute Gasteiger partial charge is 0.305 e. The van der Waals surface area contributed by atoms with E-state index in [0.717, 1.165) is 0 Å². The van der Waals surface area contributed by atoms with Crippen molar-refractivity contribution < 1.29 is 18.0 Å². The Morgan fingerprint density at radius 3 is 2.16 bits per heavy atom. The summed E-state index contributed by atoms with van der Waals surface area (Å²) >= 11 is 0. The lowest BCUT2D eigenvalue weighted by Gasteiger charge is -2.19. The molecule has 0 unspecified atom stereocenters. The van der Waals surface area contributed by atoms with Crippen molar-refractivity contribution in [2.45, 2.75) is 13.8 Å². The van der Waals surface area contributed by atoms with Crippen molar-refractivity contribution in [3.05, 3.63) is 42.2 Å². The third-order valence-electron chi connectivity index (χ3n) is 2.74. The van der Waals surface area contributed by atoms with Crippen molar-refractivity contribution in [2.24, 2.45) is 0 Å². The summed E-state index contributed by atoms with van der Waals surface area (Å²) < 4.78 is 37.2. The van der Waals surface area contributed by atoms with Crippen molar-refractivity contribution in [3.8, 4) is 0 Å². The van der Waals surface area contributed by atoms with Gasteiger partial charge in [0.1, 0.15) is 5.82 Å². The van der Waals surface area contributed by atoms with Crippen molar-refractivity contribution >= 4 is 23.7 Å². The van der Waals surface area contributed by atoms with Crippen LogP contribution in [0.1, 0.15) is 13.8 Å². The second-order valence-electron chi connectivity index (χ2n) is 3.95. The van der Waals surface area contributed by atoms with E-state index < -0.39 is 7.60 Å². The highest BCUT2D eigenvalue weighted by molar-refractivity contribution is 7.62. The van der Waals surface area contributed by atoms with Crippen LogP contribution in [0, 0.1) is 5.82 Å². The second-order valence-corrected chi connectivity index (χ2v) is 5.94. The fourth-order valence-corrected chi connectivity index (χ4v) is 3.78. The summed E-state index contributed by atoms with van der Waals surface area (Å²) in [5, 5.41) is 1.39. The molecule has 2 aromatic rings. The lowest BCUT2D eigenvalue weighted by molar-refractivity contribution is 0.230. The van der Waals surface area contributed by atoms with Crippen LogP contribution in [0.2, 0.25) is 0 Å². The maximum atomic E-state index is 13.8. The van der Waals surface area contributed by atoms with Crippen molar-refractivity contribution in [1.29, 1.82) is 0 Å². The average molecular weight is 282 g/mol. The maximum Gasteiger partial charge on any atom is 0.361 e. The molecule has 0 fully saturated rings. The van der Waals surface area contributed by atoms with Crippen LogP contribution in [0.15, 0.2) is 36.4 Å². The molecule has 5 heteroatoms. The van der Waals surface area contributed by atoms with Gasteiger partial charge in [0.05, 0.1) is 18.5 Å². The number of hydrogen-bond donors (Lipinski definition) is 0. The Morgan fingerprint density at radius 2 is 1.58 bits per heavy atom. The van der Waals surface area contributed by atoms with Gasteiger partial charge < -0.3 is 9.05 Å². The molecule has 0 saturated carbocycles. The highest BCUT2D eigenvalue weighted by Gasteiger charge is 2.29. The summed E-state index contributed by atoms with van der Waals surface area (Å²) in [4.78, 5) is 0. The quantitative estimate of drug-likeness (QED) is 0.781. The van der Waals surface area contributed by atoms with Crippen LogP contribution >= 0.6 is 7.60 Å². The van der Waals surface area contributed by atoms with E-state index in [1.807, 2.05) is 0 Å². The van der Waals surface area contributed by atoms with E-state index in [1.54, 1.807) is 38.1 Å². The zero-order valence-electron chi connectivity index (χ0n) is 10.9. The van der Waals surface area contributed by atoms with Crippen LogP contribution in [-0.4, -0.2) is 13.2 Å². The molecule has 0 radical (unpaired) electrons. The van der Waals surface area contributed by atoms with E-state index in [9.17, 15) is 8.96 Å². The van der Waals surface area contributed by atoms with Crippen LogP contribution in [0.4, 0.5) is 4.39 Å². The Labute approximate surface area is 111 Å². The van der Waals surface area contributed by atoms with Gasteiger partial charge in [0.25, 0.3) is 0 Å². The predicted molar refractivity (Wildman–Crippen MR) is 74.4 cm³/mol. The minimum Gasteiger partial charge on any atom is -0.305 e. The molecule has 0 atom stereocenters. The SMILES string of the molecule is CCOP(=O)(OCC)c1ccc(F)c2ccccc12. The summed E-state index contributed by atoms with van der Waals surface area (Å²) in [6, 6.07) is 9.65. The van der Waals surface area contributed by atoms with E-state index in [2.05, 4.69) is 0 Å². The minimum absolute atomic E-state index is 0.267. The molecule has 0 amide bonds. The molecular formula is C14H16FO3P. The first-order valence-electron chi connectivity index (χ1n) is 6.19. The number of benzene rings is 2. The summed E-state index contributed by atoms with van der Waals surface area (Å²) in [5.74, 6) is -0.348. The lowest BCUT2D eigenvalue weighted by Crippen LogP contribution is -2.12. The monoisotopic (exact) mass is 282 g/mol. The summed E-state index contributed by atoms with van der Waals surface area (Å²) in [7, 11) is -3.40.